The Labute approximate surface area is 54.0 Å². The van der Waals surface area contributed by atoms with E-state index in [9.17, 15) is 0 Å². The predicted molar refractivity (Wildman–Crippen MR) is 35.0 cm³/mol. The van der Waals surface area contributed by atoms with E-state index in [1.54, 1.807) is 7.05 Å². The molecule has 9 heavy (non-hydrogen) atoms. The molecule has 0 amide bonds. The molecule has 5 heteroatoms. The smallest absolute Gasteiger partial charge is 0.101 e. The van der Waals surface area contributed by atoms with Crippen molar-refractivity contribution < 1.29 is 0 Å². The summed E-state index contributed by atoms with van der Waals surface area (Å²) < 4.78 is 0. The van der Waals surface area contributed by atoms with E-state index in [1.165, 1.54) is 0 Å². The monoisotopic (exact) mass is 129 g/mol. The molecule has 0 heterocycles. The van der Waals surface area contributed by atoms with Crippen LogP contribution >= 0.6 is 0 Å². The number of rotatable bonds is 3. The summed E-state index contributed by atoms with van der Waals surface area (Å²) in [6, 6.07) is 0. The van der Waals surface area contributed by atoms with Gasteiger partial charge in [-0.25, -0.2) is 11.0 Å². The van der Waals surface area contributed by atoms with Crippen molar-refractivity contribution >= 4 is 0 Å². The van der Waals surface area contributed by atoms with Gasteiger partial charge in [0.15, 0.2) is 0 Å². The molecular weight excluding hydrogens is 118 g/mol. The minimum absolute atomic E-state index is 0.321. The maximum atomic E-state index is 5.17. The third-order valence-corrected chi connectivity index (χ3v) is 0.478. The van der Waals surface area contributed by atoms with Gasteiger partial charge in [-0.1, -0.05) is 11.8 Å². The quantitative estimate of drug-likeness (QED) is 0.310. The number of hydrogen-bond donors (Lipinski definition) is 2. The Kier molecular flexibility index (Phi) is 3.38. The molecule has 5 nitrogen and oxygen atoms in total. The maximum Gasteiger partial charge on any atom is 0.101 e. The van der Waals surface area contributed by atoms with Crippen LogP contribution in [0.15, 0.2) is 22.6 Å². The molecule has 0 aromatic heterocycles. The average Bonchev–Trinajstić information content (AvgIpc) is 1.63. The van der Waals surface area contributed by atoms with Crippen molar-refractivity contribution in [1.29, 1.82) is 0 Å². The lowest BCUT2D eigenvalue weighted by molar-refractivity contribution is 0.341. The lowest BCUT2D eigenvalue weighted by Crippen LogP contribution is -2.18. The van der Waals surface area contributed by atoms with Crippen molar-refractivity contribution in [2.45, 2.75) is 0 Å². The molecule has 0 saturated heterocycles. The van der Waals surface area contributed by atoms with Gasteiger partial charge in [-0.05, 0) is 0 Å². The second-order valence-electron chi connectivity index (χ2n) is 1.62. The molecule has 0 aliphatic rings. The lowest BCUT2D eigenvalue weighted by Gasteiger charge is -1.98. The Morgan fingerprint density at radius 3 is 2.67 bits per heavy atom. The van der Waals surface area contributed by atoms with Crippen LogP contribution in [-0.2, 0) is 0 Å². The Balaban J connectivity index is 3.36. The van der Waals surface area contributed by atoms with Crippen LogP contribution in [0, 0.1) is 0 Å². The van der Waals surface area contributed by atoms with Crippen molar-refractivity contribution in [3.8, 4) is 0 Å². The molecule has 52 valence electrons. The topological polar surface area (TPSA) is 80.0 Å². The van der Waals surface area contributed by atoms with Crippen molar-refractivity contribution in [2.24, 2.45) is 21.9 Å². The third-order valence-electron chi connectivity index (χ3n) is 0.478. The zero-order valence-electron chi connectivity index (χ0n) is 5.41. The summed E-state index contributed by atoms with van der Waals surface area (Å²) >= 11 is 0. The molecule has 0 saturated carbocycles. The third kappa shape index (κ3) is 6.90. The average molecular weight is 129 g/mol. The molecular formula is C4H11N5. The number of hydrogen-bond acceptors (Lipinski definition) is 4. The molecule has 0 spiro atoms. The van der Waals surface area contributed by atoms with E-state index >= 15 is 0 Å². The minimum atomic E-state index is 0.321. The van der Waals surface area contributed by atoms with Crippen LogP contribution in [-0.4, -0.2) is 18.7 Å². The van der Waals surface area contributed by atoms with E-state index in [4.69, 9.17) is 11.6 Å². The van der Waals surface area contributed by atoms with Gasteiger partial charge in [0.05, 0.1) is 0 Å². The van der Waals surface area contributed by atoms with Crippen molar-refractivity contribution in [2.75, 3.05) is 13.6 Å². The molecule has 0 atom stereocenters. The Hall–Kier alpha value is -1.10. The molecule has 4 N–H and O–H groups in total. The number of nitrogens with zero attached hydrogens (tertiary/aromatic N) is 3. The fourth-order valence-electron chi connectivity index (χ4n) is 0.222. The molecule has 0 bridgehead atoms. The van der Waals surface area contributed by atoms with E-state index in [1.807, 2.05) is 0 Å². The first-order chi connectivity index (χ1) is 4.13. The lowest BCUT2D eigenvalue weighted by atomic mass is 10.5. The van der Waals surface area contributed by atoms with Crippen LogP contribution in [0.2, 0.25) is 0 Å². The van der Waals surface area contributed by atoms with Gasteiger partial charge in [0.2, 0.25) is 0 Å². The number of nitrogens with two attached hydrogens (primary N) is 2. The van der Waals surface area contributed by atoms with E-state index < -0.39 is 0 Å². The molecule has 0 aromatic rings. The normalized spacial score (nSPS) is 10.0. The zero-order chi connectivity index (χ0) is 7.28. The molecule has 0 fully saturated rings. The van der Waals surface area contributed by atoms with Crippen molar-refractivity contribution in [3.05, 3.63) is 12.3 Å². The highest BCUT2D eigenvalue weighted by atomic mass is 15.7. The highest BCUT2D eigenvalue weighted by Gasteiger charge is 1.80. The van der Waals surface area contributed by atoms with Gasteiger partial charge in [-0.15, -0.1) is 0 Å². The fourth-order valence-corrected chi connectivity index (χ4v) is 0.222. The van der Waals surface area contributed by atoms with Gasteiger partial charge in [-0.3, -0.25) is 0 Å². The summed E-state index contributed by atoms with van der Waals surface area (Å²) in [5.74, 6) is 5.08. The Morgan fingerprint density at radius 2 is 2.33 bits per heavy atom. The largest absolute Gasteiger partial charge is 0.401 e. The second kappa shape index (κ2) is 3.85. The molecule has 0 aliphatic heterocycles. The SMILES string of the molecule is C=C(N)C/N=N\N(C)N. The van der Waals surface area contributed by atoms with Gasteiger partial charge in [0.25, 0.3) is 0 Å². The summed E-state index contributed by atoms with van der Waals surface area (Å²) in [5, 5.41) is 8.13. The Bertz CT molecular complexity index is 116. The summed E-state index contributed by atoms with van der Waals surface area (Å²) in [5.41, 5.74) is 5.64. The molecule has 0 aromatic carbocycles. The second-order valence-corrected chi connectivity index (χ2v) is 1.62. The van der Waals surface area contributed by atoms with Crippen LogP contribution in [0.4, 0.5) is 0 Å². The highest BCUT2D eigenvalue weighted by molar-refractivity contribution is 4.87. The van der Waals surface area contributed by atoms with Gasteiger partial charge < -0.3 is 5.73 Å². The molecule has 0 aliphatic carbocycles. The van der Waals surface area contributed by atoms with Gasteiger partial charge >= 0.3 is 0 Å². The van der Waals surface area contributed by atoms with Crippen LogP contribution < -0.4 is 11.6 Å². The molecule has 0 rings (SSSR count). The van der Waals surface area contributed by atoms with Gasteiger partial charge in [0.1, 0.15) is 6.54 Å². The van der Waals surface area contributed by atoms with E-state index in [-0.39, 0.29) is 0 Å². The van der Waals surface area contributed by atoms with Crippen molar-refractivity contribution in [3.63, 3.8) is 0 Å². The minimum Gasteiger partial charge on any atom is -0.401 e. The first-order valence-electron chi connectivity index (χ1n) is 2.42. The Morgan fingerprint density at radius 1 is 1.78 bits per heavy atom. The van der Waals surface area contributed by atoms with Crippen LogP contribution in [0.3, 0.4) is 0 Å². The van der Waals surface area contributed by atoms with E-state index in [0.29, 0.717) is 12.2 Å². The standard InChI is InChI=1S/C4H11N5/c1-4(5)3-7-8-9(2)6/h1,3,5-6H2,2H3/b8-7-. The van der Waals surface area contributed by atoms with Crippen LogP contribution in [0.1, 0.15) is 0 Å². The highest BCUT2D eigenvalue weighted by Crippen LogP contribution is 1.80. The van der Waals surface area contributed by atoms with Crippen LogP contribution in [0.25, 0.3) is 0 Å². The first kappa shape index (κ1) is 7.90. The summed E-state index contributed by atoms with van der Waals surface area (Å²) in [6.45, 7) is 3.74. The first-order valence-corrected chi connectivity index (χ1v) is 2.42. The van der Waals surface area contributed by atoms with Crippen molar-refractivity contribution in [1.82, 2.24) is 5.12 Å². The predicted octanol–water partition coefficient (Wildman–Crippen LogP) is -0.368. The maximum absolute atomic E-state index is 5.17. The van der Waals surface area contributed by atoms with Gasteiger partial charge in [-0.2, -0.15) is 5.11 Å². The summed E-state index contributed by atoms with van der Waals surface area (Å²) in [6.07, 6.45) is 0. The molecule has 0 radical (unpaired) electrons. The van der Waals surface area contributed by atoms with Gasteiger partial charge in [0, 0.05) is 12.7 Å². The van der Waals surface area contributed by atoms with E-state index in [0.717, 1.165) is 5.12 Å². The summed E-state index contributed by atoms with van der Waals surface area (Å²) in [4.78, 5) is 0. The fraction of sp³-hybridized carbons (Fsp3) is 0.500. The van der Waals surface area contributed by atoms with Crippen LogP contribution in [0.5, 0.6) is 0 Å². The number of hydrazine groups is 1. The zero-order valence-corrected chi connectivity index (χ0v) is 5.41. The molecule has 0 unspecified atom stereocenters. The van der Waals surface area contributed by atoms with E-state index in [2.05, 4.69) is 16.9 Å². The summed E-state index contributed by atoms with van der Waals surface area (Å²) in [7, 11) is 1.57.